The Hall–Kier alpha value is -2.36. The number of aryl methyl sites for hydroxylation is 1. The third-order valence-corrected chi connectivity index (χ3v) is 2.58. The first-order chi connectivity index (χ1) is 8.66. The number of carboxylic acids is 1. The fraction of sp³-hybridized carbons (Fsp3) is 0.143. The minimum atomic E-state index is -1.03. The van der Waals surface area contributed by atoms with E-state index in [2.05, 4.69) is 16.4 Å². The number of carbonyl (C=O) groups is 1. The van der Waals surface area contributed by atoms with Gasteiger partial charge in [0.25, 0.3) is 0 Å². The molecule has 0 spiro atoms. The maximum Gasteiger partial charge on any atom is 0.356 e. The van der Waals surface area contributed by atoms with Crippen LogP contribution in [-0.4, -0.2) is 16.1 Å². The van der Waals surface area contributed by atoms with Gasteiger partial charge in [-0.3, -0.25) is 0 Å². The predicted molar refractivity (Wildman–Crippen MR) is 69.7 cm³/mol. The number of nitrogens with zero attached hydrogens (tertiary/aromatic N) is 1. The van der Waals surface area contributed by atoms with Gasteiger partial charge in [-0.1, -0.05) is 29.8 Å². The molecule has 0 radical (unpaired) electrons. The number of carboxylic acid groups (broad SMARTS) is 1. The van der Waals surface area contributed by atoms with Gasteiger partial charge < -0.3 is 10.4 Å². The Labute approximate surface area is 105 Å². The maximum atomic E-state index is 11.0. The third-order valence-electron chi connectivity index (χ3n) is 2.58. The number of anilines is 1. The number of nitrogens with one attached hydrogen (secondary N) is 1. The first-order valence-electron chi connectivity index (χ1n) is 5.64. The Morgan fingerprint density at radius 3 is 2.89 bits per heavy atom. The van der Waals surface area contributed by atoms with Crippen molar-refractivity contribution in [2.45, 2.75) is 13.5 Å². The van der Waals surface area contributed by atoms with E-state index in [0.717, 1.165) is 5.56 Å². The molecule has 0 saturated carbocycles. The lowest BCUT2D eigenvalue weighted by molar-refractivity contribution is 0.0691. The lowest BCUT2D eigenvalue weighted by atomic mass is 10.1. The molecule has 0 bridgehead atoms. The van der Waals surface area contributed by atoms with Gasteiger partial charge in [-0.15, -0.1) is 0 Å². The van der Waals surface area contributed by atoms with Crippen LogP contribution in [0.4, 0.5) is 5.69 Å². The fourth-order valence-electron chi connectivity index (χ4n) is 1.74. The molecule has 0 unspecified atom stereocenters. The molecule has 2 aromatic rings. The Kier molecular flexibility index (Phi) is 3.57. The smallest absolute Gasteiger partial charge is 0.356 e. The van der Waals surface area contributed by atoms with Crippen molar-refractivity contribution in [2.24, 2.45) is 0 Å². The van der Waals surface area contributed by atoms with E-state index in [-0.39, 0.29) is 5.69 Å². The van der Waals surface area contributed by atoms with E-state index in [1.807, 2.05) is 25.1 Å². The highest BCUT2D eigenvalue weighted by Gasteiger charge is 2.10. The van der Waals surface area contributed by atoms with E-state index in [1.54, 1.807) is 12.1 Å². The molecular weight excluding hydrogens is 228 g/mol. The lowest BCUT2D eigenvalue weighted by Crippen LogP contribution is -2.08. The molecule has 2 N–H and O–H groups in total. The SMILES string of the molecule is Cc1cccc(CNc2cccnc2C(=O)O)c1. The number of hydrogen-bond donors (Lipinski definition) is 2. The van der Waals surface area contributed by atoms with E-state index in [4.69, 9.17) is 5.11 Å². The zero-order chi connectivity index (χ0) is 13.0. The summed E-state index contributed by atoms with van der Waals surface area (Å²) in [7, 11) is 0. The van der Waals surface area contributed by atoms with Crippen molar-refractivity contribution in [3.05, 3.63) is 59.4 Å². The molecule has 1 aromatic heterocycles. The second-order valence-electron chi connectivity index (χ2n) is 4.05. The van der Waals surface area contributed by atoms with Crippen molar-refractivity contribution in [3.63, 3.8) is 0 Å². The topological polar surface area (TPSA) is 62.2 Å². The fourth-order valence-corrected chi connectivity index (χ4v) is 1.74. The number of pyridine rings is 1. The Bertz CT molecular complexity index is 567. The lowest BCUT2D eigenvalue weighted by Gasteiger charge is -2.09. The van der Waals surface area contributed by atoms with Gasteiger partial charge >= 0.3 is 5.97 Å². The summed E-state index contributed by atoms with van der Waals surface area (Å²) in [5, 5.41) is 12.1. The van der Waals surface area contributed by atoms with Crippen LogP contribution in [0, 0.1) is 6.92 Å². The molecule has 2 rings (SSSR count). The van der Waals surface area contributed by atoms with Crippen molar-refractivity contribution >= 4 is 11.7 Å². The molecule has 0 amide bonds. The molecule has 0 fully saturated rings. The summed E-state index contributed by atoms with van der Waals surface area (Å²) in [5.41, 5.74) is 2.87. The monoisotopic (exact) mass is 242 g/mol. The highest BCUT2D eigenvalue weighted by molar-refractivity contribution is 5.91. The third kappa shape index (κ3) is 2.85. The molecule has 0 atom stereocenters. The van der Waals surface area contributed by atoms with Crippen LogP contribution in [0.15, 0.2) is 42.6 Å². The second-order valence-corrected chi connectivity index (χ2v) is 4.05. The Balaban J connectivity index is 2.13. The number of rotatable bonds is 4. The van der Waals surface area contributed by atoms with Gasteiger partial charge in [0.15, 0.2) is 5.69 Å². The van der Waals surface area contributed by atoms with Gasteiger partial charge in [0.2, 0.25) is 0 Å². The minimum absolute atomic E-state index is 0.0464. The zero-order valence-electron chi connectivity index (χ0n) is 10.1. The molecule has 0 aliphatic rings. The summed E-state index contributed by atoms with van der Waals surface area (Å²) in [6.45, 7) is 2.60. The summed E-state index contributed by atoms with van der Waals surface area (Å²) in [6, 6.07) is 11.5. The van der Waals surface area contributed by atoms with Gasteiger partial charge in [-0.05, 0) is 24.6 Å². The first-order valence-corrected chi connectivity index (χ1v) is 5.64. The summed E-state index contributed by atoms with van der Waals surface area (Å²) < 4.78 is 0. The molecule has 0 saturated heterocycles. The molecule has 4 nitrogen and oxygen atoms in total. The maximum absolute atomic E-state index is 11.0. The largest absolute Gasteiger partial charge is 0.476 e. The van der Waals surface area contributed by atoms with Crippen LogP contribution in [0.2, 0.25) is 0 Å². The van der Waals surface area contributed by atoms with E-state index in [0.29, 0.717) is 12.2 Å². The van der Waals surface area contributed by atoms with Crippen molar-refractivity contribution in [1.29, 1.82) is 0 Å². The van der Waals surface area contributed by atoms with Crippen LogP contribution in [-0.2, 0) is 6.54 Å². The summed E-state index contributed by atoms with van der Waals surface area (Å²) in [5.74, 6) is -1.03. The quantitative estimate of drug-likeness (QED) is 0.865. The average molecular weight is 242 g/mol. The second kappa shape index (κ2) is 5.31. The molecule has 18 heavy (non-hydrogen) atoms. The van der Waals surface area contributed by atoms with E-state index in [9.17, 15) is 4.79 Å². The number of hydrogen-bond acceptors (Lipinski definition) is 3. The van der Waals surface area contributed by atoms with E-state index >= 15 is 0 Å². The molecule has 0 aliphatic heterocycles. The molecular formula is C14H14N2O2. The van der Waals surface area contributed by atoms with E-state index < -0.39 is 5.97 Å². The van der Waals surface area contributed by atoms with Crippen LogP contribution in [0.1, 0.15) is 21.6 Å². The number of benzene rings is 1. The average Bonchev–Trinajstić information content (AvgIpc) is 2.37. The standard InChI is InChI=1S/C14H14N2O2/c1-10-4-2-5-11(8-10)9-16-12-6-3-7-15-13(12)14(17)18/h2-8,16H,9H2,1H3,(H,17,18). The number of aromatic carboxylic acids is 1. The minimum Gasteiger partial charge on any atom is -0.476 e. The van der Waals surface area contributed by atoms with Gasteiger partial charge in [-0.2, -0.15) is 0 Å². The van der Waals surface area contributed by atoms with Gasteiger partial charge in [0.1, 0.15) is 0 Å². The molecule has 0 aliphatic carbocycles. The van der Waals surface area contributed by atoms with Gasteiger partial charge in [0, 0.05) is 12.7 Å². The van der Waals surface area contributed by atoms with Crippen LogP contribution in [0.5, 0.6) is 0 Å². The van der Waals surface area contributed by atoms with Gasteiger partial charge in [0.05, 0.1) is 5.69 Å². The highest BCUT2D eigenvalue weighted by atomic mass is 16.4. The summed E-state index contributed by atoms with van der Waals surface area (Å²) in [4.78, 5) is 14.8. The van der Waals surface area contributed by atoms with Crippen LogP contribution in [0.3, 0.4) is 0 Å². The van der Waals surface area contributed by atoms with Gasteiger partial charge in [-0.25, -0.2) is 9.78 Å². The van der Waals surface area contributed by atoms with Crippen molar-refractivity contribution in [3.8, 4) is 0 Å². The summed E-state index contributed by atoms with van der Waals surface area (Å²) >= 11 is 0. The molecule has 1 heterocycles. The molecule has 1 aromatic carbocycles. The molecule has 4 heteroatoms. The Morgan fingerprint density at radius 2 is 2.17 bits per heavy atom. The molecule has 92 valence electrons. The van der Waals surface area contributed by atoms with Crippen molar-refractivity contribution in [1.82, 2.24) is 4.98 Å². The van der Waals surface area contributed by atoms with Crippen LogP contribution >= 0.6 is 0 Å². The Morgan fingerprint density at radius 1 is 1.33 bits per heavy atom. The normalized spacial score (nSPS) is 10.1. The summed E-state index contributed by atoms with van der Waals surface area (Å²) in [6.07, 6.45) is 1.47. The van der Waals surface area contributed by atoms with Crippen molar-refractivity contribution in [2.75, 3.05) is 5.32 Å². The number of aromatic nitrogens is 1. The first kappa shape index (κ1) is 12.1. The van der Waals surface area contributed by atoms with Crippen molar-refractivity contribution < 1.29 is 9.90 Å². The van der Waals surface area contributed by atoms with Crippen LogP contribution in [0.25, 0.3) is 0 Å². The van der Waals surface area contributed by atoms with Crippen LogP contribution < -0.4 is 5.32 Å². The van der Waals surface area contributed by atoms with E-state index in [1.165, 1.54) is 11.8 Å². The zero-order valence-corrected chi connectivity index (χ0v) is 10.1. The highest BCUT2D eigenvalue weighted by Crippen LogP contribution is 2.14. The predicted octanol–water partition coefficient (Wildman–Crippen LogP) is 2.70.